The summed E-state index contributed by atoms with van der Waals surface area (Å²) >= 11 is 0. The molecule has 6 nitrogen and oxygen atoms in total. The highest BCUT2D eigenvalue weighted by atomic mass is 16.6. The highest BCUT2D eigenvalue weighted by molar-refractivity contribution is 5.88. The standard InChI is InChI=1S/C14H26O6/c1-3-5-9(6-4-2)13(18)14(19)7-10(16)12(17)11(8-15)20-14/h9-12,15-17,19H,3-8H2,1-2H3/t10-,11-,12+,14?/m1/s1. The fourth-order valence-corrected chi connectivity index (χ4v) is 2.75. The lowest BCUT2D eigenvalue weighted by Gasteiger charge is -2.42. The number of hydrogen-bond acceptors (Lipinski definition) is 6. The molecule has 1 aliphatic heterocycles. The summed E-state index contributed by atoms with van der Waals surface area (Å²) in [5.41, 5.74) is 0. The first-order valence-electron chi connectivity index (χ1n) is 7.31. The van der Waals surface area contributed by atoms with Crippen LogP contribution in [0.1, 0.15) is 46.0 Å². The molecule has 0 spiro atoms. The molecular formula is C14H26O6. The lowest BCUT2D eigenvalue weighted by atomic mass is 9.84. The zero-order chi connectivity index (χ0) is 15.3. The van der Waals surface area contributed by atoms with E-state index in [9.17, 15) is 20.1 Å². The van der Waals surface area contributed by atoms with E-state index in [2.05, 4.69) is 0 Å². The Morgan fingerprint density at radius 2 is 1.85 bits per heavy atom. The largest absolute Gasteiger partial charge is 0.394 e. The molecule has 118 valence electrons. The molecule has 1 rings (SSSR count). The third-order valence-electron chi connectivity index (χ3n) is 3.82. The van der Waals surface area contributed by atoms with Gasteiger partial charge in [-0.1, -0.05) is 26.7 Å². The second-order valence-corrected chi connectivity index (χ2v) is 5.52. The van der Waals surface area contributed by atoms with Crippen molar-refractivity contribution in [1.29, 1.82) is 0 Å². The van der Waals surface area contributed by atoms with Crippen molar-refractivity contribution in [3.63, 3.8) is 0 Å². The number of aliphatic hydroxyl groups excluding tert-OH is 3. The fourth-order valence-electron chi connectivity index (χ4n) is 2.75. The predicted octanol–water partition coefficient (Wildman–Crippen LogP) is -0.0365. The normalized spacial score (nSPS) is 34.5. The van der Waals surface area contributed by atoms with Gasteiger partial charge in [0.2, 0.25) is 5.79 Å². The van der Waals surface area contributed by atoms with Gasteiger partial charge < -0.3 is 25.2 Å². The van der Waals surface area contributed by atoms with Gasteiger partial charge in [0.15, 0.2) is 5.78 Å². The molecule has 20 heavy (non-hydrogen) atoms. The number of carbonyl (C=O) groups excluding carboxylic acids is 1. The molecular weight excluding hydrogens is 264 g/mol. The van der Waals surface area contributed by atoms with Gasteiger partial charge in [0.05, 0.1) is 12.7 Å². The van der Waals surface area contributed by atoms with Gasteiger partial charge in [-0.25, -0.2) is 0 Å². The smallest absolute Gasteiger partial charge is 0.229 e. The number of hydrogen-bond donors (Lipinski definition) is 4. The third-order valence-corrected chi connectivity index (χ3v) is 3.82. The van der Waals surface area contributed by atoms with Crippen LogP contribution >= 0.6 is 0 Å². The molecule has 1 heterocycles. The van der Waals surface area contributed by atoms with Gasteiger partial charge in [0, 0.05) is 12.3 Å². The molecule has 4 atom stereocenters. The Labute approximate surface area is 119 Å². The van der Waals surface area contributed by atoms with E-state index in [-0.39, 0.29) is 12.3 Å². The molecule has 1 aliphatic rings. The third kappa shape index (κ3) is 3.77. The number of rotatable bonds is 7. The van der Waals surface area contributed by atoms with Gasteiger partial charge in [0.1, 0.15) is 12.2 Å². The summed E-state index contributed by atoms with van der Waals surface area (Å²) < 4.78 is 5.19. The van der Waals surface area contributed by atoms with Crippen molar-refractivity contribution in [2.75, 3.05) is 6.61 Å². The van der Waals surface area contributed by atoms with Gasteiger partial charge in [-0.2, -0.15) is 0 Å². The second-order valence-electron chi connectivity index (χ2n) is 5.52. The van der Waals surface area contributed by atoms with Crippen LogP contribution < -0.4 is 0 Å². The lowest BCUT2D eigenvalue weighted by molar-refractivity contribution is -0.291. The molecule has 0 radical (unpaired) electrons. The summed E-state index contributed by atoms with van der Waals surface area (Å²) in [5.74, 6) is -2.93. The topological polar surface area (TPSA) is 107 Å². The molecule has 0 bridgehead atoms. The average molecular weight is 290 g/mol. The van der Waals surface area contributed by atoms with Gasteiger partial charge >= 0.3 is 0 Å². The number of ketones is 1. The summed E-state index contributed by atoms with van der Waals surface area (Å²) in [7, 11) is 0. The van der Waals surface area contributed by atoms with E-state index in [1.54, 1.807) is 0 Å². The monoisotopic (exact) mass is 290 g/mol. The maximum atomic E-state index is 12.5. The van der Waals surface area contributed by atoms with Crippen LogP contribution in [0.2, 0.25) is 0 Å². The van der Waals surface area contributed by atoms with Crippen molar-refractivity contribution in [3.05, 3.63) is 0 Å². The summed E-state index contributed by atoms with van der Waals surface area (Å²) in [5, 5.41) is 38.9. The molecule has 0 aromatic rings. The Bertz CT molecular complexity index is 315. The summed E-state index contributed by atoms with van der Waals surface area (Å²) in [4.78, 5) is 12.5. The summed E-state index contributed by atoms with van der Waals surface area (Å²) in [6, 6.07) is 0. The predicted molar refractivity (Wildman–Crippen MR) is 71.9 cm³/mol. The van der Waals surface area contributed by atoms with E-state index in [4.69, 9.17) is 9.84 Å². The lowest BCUT2D eigenvalue weighted by Crippen LogP contribution is -2.60. The zero-order valence-corrected chi connectivity index (χ0v) is 12.2. The SMILES string of the molecule is CCCC(CCC)C(=O)C1(O)C[C@@H](O)[C@H](O)[C@@H](CO)O1. The van der Waals surface area contributed by atoms with Crippen molar-refractivity contribution in [2.24, 2.45) is 5.92 Å². The minimum Gasteiger partial charge on any atom is -0.394 e. The molecule has 4 N–H and O–H groups in total. The van der Waals surface area contributed by atoms with Crippen LogP contribution in [0.5, 0.6) is 0 Å². The van der Waals surface area contributed by atoms with Gasteiger partial charge in [-0.15, -0.1) is 0 Å². The second kappa shape index (κ2) is 7.47. The van der Waals surface area contributed by atoms with Crippen LogP contribution in [-0.4, -0.2) is 56.9 Å². The first kappa shape index (κ1) is 17.5. The summed E-state index contributed by atoms with van der Waals surface area (Å²) in [6.45, 7) is 3.34. The van der Waals surface area contributed by atoms with Crippen LogP contribution in [0, 0.1) is 5.92 Å². The van der Waals surface area contributed by atoms with Crippen LogP contribution in [-0.2, 0) is 9.53 Å². The van der Waals surface area contributed by atoms with E-state index >= 15 is 0 Å². The number of Topliss-reactive ketones (excluding diaryl/α,β-unsaturated/α-hetero) is 1. The molecule has 1 saturated heterocycles. The Balaban J connectivity index is 2.87. The van der Waals surface area contributed by atoms with Crippen LogP contribution in [0.4, 0.5) is 0 Å². The zero-order valence-electron chi connectivity index (χ0n) is 12.2. The average Bonchev–Trinajstić information content (AvgIpc) is 2.42. The van der Waals surface area contributed by atoms with Crippen molar-refractivity contribution in [2.45, 2.75) is 70.1 Å². The highest BCUT2D eigenvalue weighted by Crippen LogP contribution is 2.32. The molecule has 1 unspecified atom stereocenters. The van der Waals surface area contributed by atoms with E-state index < -0.39 is 36.5 Å². The number of carbonyl (C=O) groups is 1. The molecule has 0 aromatic heterocycles. The van der Waals surface area contributed by atoms with E-state index in [0.717, 1.165) is 12.8 Å². The van der Waals surface area contributed by atoms with Crippen LogP contribution in [0.25, 0.3) is 0 Å². The molecule has 0 amide bonds. The van der Waals surface area contributed by atoms with Gasteiger partial charge in [-0.3, -0.25) is 4.79 Å². The van der Waals surface area contributed by atoms with E-state index in [1.165, 1.54) is 0 Å². The fraction of sp³-hybridized carbons (Fsp3) is 0.929. The summed E-state index contributed by atoms with van der Waals surface area (Å²) in [6.07, 6.45) is -1.23. The van der Waals surface area contributed by atoms with Crippen molar-refractivity contribution < 1.29 is 30.0 Å². The molecule has 0 aromatic carbocycles. The first-order valence-corrected chi connectivity index (χ1v) is 7.31. The number of aliphatic hydroxyl groups is 4. The minimum atomic E-state index is -2.12. The molecule has 0 aliphatic carbocycles. The Morgan fingerprint density at radius 3 is 2.30 bits per heavy atom. The van der Waals surface area contributed by atoms with Crippen LogP contribution in [0.15, 0.2) is 0 Å². The van der Waals surface area contributed by atoms with E-state index in [1.807, 2.05) is 13.8 Å². The van der Waals surface area contributed by atoms with Crippen molar-refractivity contribution >= 4 is 5.78 Å². The maximum absolute atomic E-state index is 12.5. The highest BCUT2D eigenvalue weighted by Gasteiger charge is 2.50. The quantitative estimate of drug-likeness (QED) is 0.524. The van der Waals surface area contributed by atoms with Gasteiger partial charge in [0.25, 0.3) is 0 Å². The Hall–Kier alpha value is -0.530. The number of ether oxygens (including phenoxy) is 1. The van der Waals surface area contributed by atoms with Crippen LogP contribution in [0.3, 0.4) is 0 Å². The van der Waals surface area contributed by atoms with E-state index in [0.29, 0.717) is 12.8 Å². The van der Waals surface area contributed by atoms with Crippen molar-refractivity contribution in [3.8, 4) is 0 Å². The Kier molecular flexibility index (Phi) is 6.54. The molecule has 1 fully saturated rings. The first-order chi connectivity index (χ1) is 9.39. The molecule has 6 heteroatoms. The maximum Gasteiger partial charge on any atom is 0.229 e. The minimum absolute atomic E-state index is 0.336. The Morgan fingerprint density at radius 1 is 1.30 bits per heavy atom. The van der Waals surface area contributed by atoms with Gasteiger partial charge in [-0.05, 0) is 12.8 Å². The van der Waals surface area contributed by atoms with Crippen molar-refractivity contribution in [1.82, 2.24) is 0 Å². The molecule has 0 saturated carbocycles.